The van der Waals surface area contributed by atoms with Gasteiger partial charge in [0.1, 0.15) is 0 Å². The van der Waals surface area contributed by atoms with Crippen molar-refractivity contribution in [1.82, 2.24) is 20.0 Å². The highest BCUT2D eigenvalue weighted by Gasteiger charge is 2.10. The maximum absolute atomic E-state index is 4.83. The van der Waals surface area contributed by atoms with Gasteiger partial charge in [-0.05, 0) is 38.3 Å². The van der Waals surface area contributed by atoms with Crippen LogP contribution in [0.25, 0.3) is 0 Å². The Kier molecular flexibility index (Phi) is 9.69. The van der Waals surface area contributed by atoms with Crippen molar-refractivity contribution >= 4 is 29.9 Å². The molecule has 1 aromatic carbocycles. The fraction of sp³-hybridized carbons (Fsp3) is 0.500. The lowest BCUT2D eigenvalue weighted by molar-refractivity contribution is 0.438. The van der Waals surface area contributed by atoms with Gasteiger partial charge >= 0.3 is 0 Å². The van der Waals surface area contributed by atoms with E-state index in [2.05, 4.69) is 78.1 Å². The van der Waals surface area contributed by atoms with Crippen molar-refractivity contribution in [3.05, 3.63) is 53.3 Å². The molecule has 0 saturated carbocycles. The largest absolute Gasteiger partial charge is 0.357 e. The summed E-state index contributed by atoms with van der Waals surface area (Å²) in [6.07, 6.45) is 0. The summed E-state index contributed by atoms with van der Waals surface area (Å²) < 4.78 is 2.08. The first-order valence-electron chi connectivity index (χ1n) is 9.04. The maximum Gasteiger partial charge on any atom is 0.193 e. The van der Waals surface area contributed by atoms with Gasteiger partial charge in [0.05, 0.1) is 5.69 Å². The van der Waals surface area contributed by atoms with Gasteiger partial charge in [-0.15, -0.1) is 24.0 Å². The molecule has 0 aliphatic rings. The minimum absolute atomic E-state index is 0. The van der Waals surface area contributed by atoms with Crippen LogP contribution in [0.2, 0.25) is 0 Å². The highest BCUT2D eigenvalue weighted by Crippen LogP contribution is 2.08. The molecule has 0 fully saturated rings. The van der Waals surface area contributed by atoms with Gasteiger partial charge in [0.25, 0.3) is 0 Å². The Balaban J connectivity index is 0.00000338. The molecule has 144 valence electrons. The second kappa shape index (κ2) is 11.2. The van der Waals surface area contributed by atoms with Crippen LogP contribution in [-0.2, 0) is 13.1 Å². The number of halogens is 1. The van der Waals surface area contributed by atoms with E-state index in [0.29, 0.717) is 5.92 Å². The highest BCUT2D eigenvalue weighted by atomic mass is 127. The zero-order chi connectivity index (χ0) is 18.2. The Morgan fingerprint density at radius 2 is 1.96 bits per heavy atom. The van der Waals surface area contributed by atoms with Crippen LogP contribution in [0.4, 0.5) is 0 Å². The van der Waals surface area contributed by atoms with Crippen molar-refractivity contribution in [2.45, 2.75) is 40.8 Å². The number of hydrogen-bond acceptors (Lipinski definition) is 2. The van der Waals surface area contributed by atoms with E-state index in [0.717, 1.165) is 37.8 Å². The maximum atomic E-state index is 4.83. The van der Waals surface area contributed by atoms with Crippen LogP contribution in [0.1, 0.15) is 30.8 Å². The minimum atomic E-state index is 0. The predicted octanol–water partition coefficient (Wildman–Crippen LogP) is 3.85. The molecule has 0 amide bonds. The second-order valence-corrected chi connectivity index (χ2v) is 6.75. The van der Waals surface area contributed by atoms with E-state index in [1.54, 1.807) is 0 Å². The predicted molar refractivity (Wildman–Crippen MR) is 120 cm³/mol. The summed E-state index contributed by atoms with van der Waals surface area (Å²) in [6, 6.07) is 12.6. The first-order chi connectivity index (χ1) is 12.0. The molecule has 0 aliphatic heterocycles. The third-order valence-electron chi connectivity index (χ3n) is 4.10. The van der Waals surface area contributed by atoms with Gasteiger partial charge < -0.3 is 10.2 Å². The average molecular weight is 469 g/mol. The molecule has 1 aromatic heterocycles. The van der Waals surface area contributed by atoms with E-state index in [-0.39, 0.29) is 24.0 Å². The molecule has 0 bridgehead atoms. The summed E-state index contributed by atoms with van der Waals surface area (Å²) in [5, 5.41) is 7.94. The average Bonchev–Trinajstić information content (AvgIpc) is 2.89. The molecule has 0 saturated heterocycles. The third-order valence-corrected chi connectivity index (χ3v) is 4.10. The van der Waals surface area contributed by atoms with Gasteiger partial charge in [0, 0.05) is 38.9 Å². The first kappa shape index (κ1) is 22.5. The van der Waals surface area contributed by atoms with Gasteiger partial charge in [-0.1, -0.05) is 37.3 Å². The van der Waals surface area contributed by atoms with E-state index < -0.39 is 0 Å². The summed E-state index contributed by atoms with van der Waals surface area (Å²) >= 11 is 0. The molecule has 6 heteroatoms. The van der Waals surface area contributed by atoms with Crippen LogP contribution in [-0.4, -0.2) is 40.8 Å². The van der Waals surface area contributed by atoms with Crippen molar-refractivity contribution in [2.24, 2.45) is 10.9 Å². The standard InChI is InChI=1S/C20H31N5.HI/c1-6-21-20(24(5)15-19-10-8-7-9-11-19)22-13-16(2)14-25-18(4)12-17(3)23-25;/h7-12,16H,6,13-15H2,1-5H3,(H,21,22);1H. The molecular formula is C20H32IN5. The Hall–Kier alpha value is -1.57. The lowest BCUT2D eigenvalue weighted by Gasteiger charge is -2.23. The number of aromatic nitrogens is 2. The van der Waals surface area contributed by atoms with Gasteiger partial charge in [-0.2, -0.15) is 5.10 Å². The topological polar surface area (TPSA) is 45.5 Å². The van der Waals surface area contributed by atoms with Crippen molar-refractivity contribution < 1.29 is 0 Å². The van der Waals surface area contributed by atoms with Crippen LogP contribution in [0.15, 0.2) is 41.4 Å². The van der Waals surface area contributed by atoms with Crippen molar-refractivity contribution in [1.29, 1.82) is 0 Å². The Labute approximate surface area is 174 Å². The fourth-order valence-corrected chi connectivity index (χ4v) is 2.86. The van der Waals surface area contributed by atoms with Crippen molar-refractivity contribution in [2.75, 3.05) is 20.1 Å². The van der Waals surface area contributed by atoms with E-state index >= 15 is 0 Å². The monoisotopic (exact) mass is 469 g/mol. The van der Waals surface area contributed by atoms with Gasteiger partial charge in [-0.25, -0.2) is 0 Å². The number of benzene rings is 1. The number of hydrogen-bond donors (Lipinski definition) is 1. The summed E-state index contributed by atoms with van der Waals surface area (Å²) in [5.41, 5.74) is 3.57. The number of nitrogens with one attached hydrogen (secondary N) is 1. The Bertz CT molecular complexity index is 681. The number of guanidine groups is 1. The van der Waals surface area contributed by atoms with Gasteiger partial charge in [0.15, 0.2) is 5.96 Å². The van der Waals surface area contributed by atoms with E-state index in [4.69, 9.17) is 4.99 Å². The molecule has 0 radical (unpaired) electrons. The summed E-state index contributed by atoms with van der Waals surface area (Å²) in [4.78, 5) is 7.01. The molecule has 1 N–H and O–H groups in total. The Morgan fingerprint density at radius 3 is 2.54 bits per heavy atom. The number of aliphatic imine (C=N–C) groups is 1. The first-order valence-corrected chi connectivity index (χ1v) is 9.04. The van der Waals surface area contributed by atoms with E-state index in [1.165, 1.54) is 11.3 Å². The number of aryl methyl sites for hydroxylation is 2. The molecule has 1 atom stereocenters. The SMILES string of the molecule is CCNC(=NCC(C)Cn1nc(C)cc1C)N(C)Cc1ccccc1.I. The lowest BCUT2D eigenvalue weighted by atomic mass is 10.2. The normalized spacial score (nSPS) is 12.4. The lowest BCUT2D eigenvalue weighted by Crippen LogP contribution is -2.38. The van der Waals surface area contributed by atoms with Gasteiger partial charge in [-0.3, -0.25) is 9.67 Å². The third kappa shape index (κ3) is 6.97. The van der Waals surface area contributed by atoms with Crippen LogP contribution in [0.3, 0.4) is 0 Å². The fourth-order valence-electron chi connectivity index (χ4n) is 2.86. The number of nitrogens with zero attached hydrogens (tertiary/aromatic N) is 4. The molecular weight excluding hydrogens is 437 g/mol. The molecule has 0 spiro atoms. The second-order valence-electron chi connectivity index (χ2n) is 6.75. The van der Waals surface area contributed by atoms with E-state index in [9.17, 15) is 0 Å². The minimum Gasteiger partial charge on any atom is -0.357 e. The van der Waals surface area contributed by atoms with Crippen molar-refractivity contribution in [3.63, 3.8) is 0 Å². The van der Waals surface area contributed by atoms with Crippen LogP contribution in [0, 0.1) is 19.8 Å². The molecule has 2 aromatic rings. The zero-order valence-corrected chi connectivity index (χ0v) is 18.9. The van der Waals surface area contributed by atoms with Crippen LogP contribution >= 0.6 is 24.0 Å². The molecule has 5 nitrogen and oxygen atoms in total. The van der Waals surface area contributed by atoms with Crippen LogP contribution in [0.5, 0.6) is 0 Å². The molecule has 1 unspecified atom stereocenters. The van der Waals surface area contributed by atoms with E-state index in [1.807, 2.05) is 13.0 Å². The number of rotatable bonds is 7. The highest BCUT2D eigenvalue weighted by molar-refractivity contribution is 14.0. The molecule has 26 heavy (non-hydrogen) atoms. The smallest absolute Gasteiger partial charge is 0.193 e. The zero-order valence-electron chi connectivity index (χ0n) is 16.6. The summed E-state index contributed by atoms with van der Waals surface area (Å²) in [6.45, 7) is 11.8. The molecule has 0 aliphatic carbocycles. The van der Waals surface area contributed by atoms with Crippen molar-refractivity contribution in [3.8, 4) is 0 Å². The molecule has 1 heterocycles. The Morgan fingerprint density at radius 1 is 1.27 bits per heavy atom. The molecule has 2 rings (SSSR count). The summed E-state index contributed by atoms with van der Waals surface area (Å²) in [5.74, 6) is 1.38. The van der Waals surface area contributed by atoms with Crippen LogP contribution < -0.4 is 5.32 Å². The quantitative estimate of drug-likeness (QED) is 0.381. The van der Waals surface area contributed by atoms with Gasteiger partial charge in [0.2, 0.25) is 0 Å². The summed E-state index contributed by atoms with van der Waals surface area (Å²) in [7, 11) is 2.08.